The highest BCUT2D eigenvalue weighted by Crippen LogP contribution is 2.40. The van der Waals surface area contributed by atoms with Gasteiger partial charge in [-0.2, -0.15) is 0 Å². The van der Waals surface area contributed by atoms with E-state index in [4.69, 9.17) is 4.74 Å². The molecule has 256 valence electrons. The number of nitrogens with one attached hydrogen (secondary N) is 1. The average Bonchev–Trinajstić information content (AvgIpc) is 3.09. The van der Waals surface area contributed by atoms with Crippen LogP contribution in [0.4, 0.5) is 0 Å². The lowest BCUT2D eigenvalue weighted by molar-refractivity contribution is -0.157. The number of fused-ring (bicyclic) bond motifs is 2. The third-order valence-corrected chi connectivity index (χ3v) is 9.15. The Morgan fingerprint density at radius 2 is 1.40 bits per heavy atom. The Hall–Kier alpha value is -5.50. The summed E-state index contributed by atoms with van der Waals surface area (Å²) in [7, 11) is 0. The quantitative estimate of drug-likeness (QED) is 0.0936. The number of ether oxygens (including phenoxy) is 1. The Morgan fingerprint density at radius 1 is 0.820 bits per heavy atom. The number of carbonyl (C=O) groups is 2. The average molecular weight is 674 g/mol. The number of aliphatic hydroxyl groups excluding tert-OH is 2. The molecule has 50 heavy (non-hydrogen) atoms. The van der Waals surface area contributed by atoms with Crippen LogP contribution in [-0.4, -0.2) is 50.5 Å². The monoisotopic (exact) mass is 673 g/mol. The number of rotatable bonds is 8. The van der Waals surface area contributed by atoms with E-state index in [1.54, 1.807) is 34.6 Å². The summed E-state index contributed by atoms with van der Waals surface area (Å²) < 4.78 is 7.08. The smallest absolute Gasteiger partial charge is 0.334 e. The SMILES string of the molecule is CC(C)(C)C(=O)OCn1c(=O)c(C#Cc2ccc3c4cccc5cccc(c6cccc2c63)c54)cn(CC(=O)NC[C@H](O)C(C)(C)CO)c1=O. The molecule has 0 unspecified atom stereocenters. The highest BCUT2D eigenvalue weighted by Gasteiger charge is 2.28. The maximum Gasteiger partial charge on any atom is 0.334 e. The Labute approximate surface area is 288 Å². The number of aromatic nitrogens is 2. The van der Waals surface area contributed by atoms with E-state index >= 15 is 0 Å². The first-order valence-corrected chi connectivity index (χ1v) is 16.4. The Kier molecular flexibility index (Phi) is 8.99. The lowest BCUT2D eigenvalue weighted by Gasteiger charge is -2.28. The second kappa shape index (κ2) is 13.1. The van der Waals surface area contributed by atoms with Gasteiger partial charge in [-0.05, 0) is 69.9 Å². The molecular weight excluding hydrogens is 634 g/mol. The predicted octanol–water partition coefficient (Wildman–Crippen LogP) is 4.50. The molecule has 1 amide bonds. The Bertz CT molecular complexity index is 2420. The summed E-state index contributed by atoms with van der Waals surface area (Å²) in [6, 6.07) is 22.5. The highest BCUT2D eigenvalue weighted by molar-refractivity contribution is 6.33. The van der Waals surface area contributed by atoms with Gasteiger partial charge in [0.2, 0.25) is 5.91 Å². The van der Waals surface area contributed by atoms with Crippen molar-refractivity contribution < 1.29 is 24.5 Å². The van der Waals surface area contributed by atoms with Crippen molar-refractivity contribution in [1.82, 2.24) is 14.5 Å². The fraction of sp³-hybridized carbons (Fsp3) is 0.300. The van der Waals surface area contributed by atoms with Crippen molar-refractivity contribution >= 4 is 55.0 Å². The number of aliphatic hydroxyl groups is 2. The minimum absolute atomic E-state index is 0.0822. The van der Waals surface area contributed by atoms with Crippen LogP contribution in [0.25, 0.3) is 43.1 Å². The molecule has 0 aliphatic carbocycles. The second-order valence-corrected chi connectivity index (χ2v) is 14.3. The normalized spacial score (nSPS) is 12.7. The Morgan fingerprint density at radius 3 is 2.04 bits per heavy atom. The summed E-state index contributed by atoms with van der Waals surface area (Å²) in [5.41, 5.74) is -2.81. The lowest BCUT2D eigenvalue weighted by atomic mass is 9.87. The molecule has 0 saturated heterocycles. The van der Waals surface area contributed by atoms with E-state index in [2.05, 4.69) is 47.5 Å². The van der Waals surface area contributed by atoms with Crippen molar-refractivity contribution in [1.29, 1.82) is 0 Å². The summed E-state index contributed by atoms with van der Waals surface area (Å²) in [5, 5.41) is 31.2. The number of amides is 1. The van der Waals surface area contributed by atoms with Gasteiger partial charge in [0.05, 0.1) is 18.1 Å². The Balaban J connectivity index is 1.43. The van der Waals surface area contributed by atoms with E-state index in [1.807, 2.05) is 36.4 Å². The molecule has 3 N–H and O–H groups in total. The number of hydrogen-bond acceptors (Lipinski definition) is 7. The molecule has 6 rings (SSSR count). The predicted molar refractivity (Wildman–Crippen MR) is 194 cm³/mol. The van der Waals surface area contributed by atoms with Gasteiger partial charge < -0.3 is 20.3 Å². The van der Waals surface area contributed by atoms with E-state index in [1.165, 1.54) is 11.6 Å². The van der Waals surface area contributed by atoms with E-state index < -0.39 is 53.3 Å². The molecule has 5 aromatic carbocycles. The van der Waals surface area contributed by atoms with Gasteiger partial charge in [0.25, 0.3) is 5.56 Å². The molecule has 0 aliphatic heterocycles. The van der Waals surface area contributed by atoms with E-state index in [0.29, 0.717) is 5.56 Å². The first-order valence-electron chi connectivity index (χ1n) is 16.4. The van der Waals surface area contributed by atoms with Crippen LogP contribution in [0, 0.1) is 22.7 Å². The third kappa shape index (κ3) is 6.33. The largest absolute Gasteiger partial charge is 0.443 e. The zero-order chi connectivity index (χ0) is 36.0. The summed E-state index contributed by atoms with van der Waals surface area (Å²) in [6.45, 7) is 6.61. The molecule has 0 aliphatic rings. The van der Waals surface area contributed by atoms with Gasteiger partial charge in [-0.15, -0.1) is 0 Å². The molecule has 6 aromatic rings. The minimum atomic E-state index is -1.05. The maximum atomic E-state index is 13.6. The molecule has 0 fully saturated rings. The maximum absolute atomic E-state index is 13.6. The summed E-state index contributed by atoms with van der Waals surface area (Å²) in [5.74, 6) is 4.83. The van der Waals surface area contributed by atoms with Crippen molar-refractivity contribution in [3.63, 3.8) is 0 Å². The molecule has 0 bridgehead atoms. The fourth-order valence-electron chi connectivity index (χ4n) is 6.00. The van der Waals surface area contributed by atoms with Crippen LogP contribution in [0.2, 0.25) is 0 Å². The lowest BCUT2D eigenvalue weighted by Crippen LogP contribution is -2.46. The third-order valence-electron chi connectivity index (χ3n) is 9.15. The summed E-state index contributed by atoms with van der Waals surface area (Å²) >= 11 is 0. The molecular formula is C40H39N3O7. The molecule has 1 heterocycles. The van der Waals surface area contributed by atoms with Gasteiger partial charge in [-0.1, -0.05) is 86.4 Å². The first-order chi connectivity index (χ1) is 23.7. The fourth-order valence-corrected chi connectivity index (χ4v) is 6.00. The molecule has 1 aromatic heterocycles. The molecule has 10 heteroatoms. The highest BCUT2D eigenvalue weighted by atomic mass is 16.5. The van der Waals surface area contributed by atoms with Crippen LogP contribution >= 0.6 is 0 Å². The molecule has 0 radical (unpaired) electrons. The molecule has 0 spiro atoms. The number of hydrogen-bond donors (Lipinski definition) is 3. The van der Waals surface area contributed by atoms with Crippen molar-refractivity contribution in [2.45, 2.75) is 54.0 Å². The van der Waals surface area contributed by atoms with Gasteiger partial charge >= 0.3 is 11.7 Å². The number of esters is 1. The van der Waals surface area contributed by atoms with Crippen LogP contribution in [0.1, 0.15) is 45.7 Å². The zero-order valence-corrected chi connectivity index (χ0v) is 28.7. The van der Waals surface area contributed by atoms with Crippen molar-refractivity contribution in [3.05, 3.63) is 105 Å². The van der Waals surface area contributed by atoms with Gasteiger partial charge in [0, 0.05) is 23.7 Å². The van der Waals surface area contributed by atoms with Gasteiger partial charge in [-0.25, -0.2) is 9.36 Å². The van der Waals surface area contributed by atoms with Crippen molar-refractivity contribution in [3.8, 4) is 11.8 Å². The molecule has 10 nitrogen and oxygen atoms in total. The number of benzene rings is 5. The summed E-state index contributed by atoms with van der Waals surface area (Å²) in [4.78, 5) is 52.5. The first kappa shape index (κ1) is 34.4. The topological polar surface area (TPSA) is 140 Å². The standard InChI is InChI=1S/C40H39N3O7/c1-39(2,3)37(48)50-23-43-36(47)26(20-42(38(43)49)21-33(46)41-19-32(45)40(4,5)22-44)16-15-24-17-18-31-29-13-7-10-25-9-6-12-28(34(25)29)30-14-8-11-27(24)35(30)31/h6-14,17-18,20,32,44-45H,19,21-23H2,1-5H3,(H,41,46)/t32-/m0/s1. The molecule has 0 saturated carbocycles. The van der Waals surface area contributed by atoms with Gasteiger partial charge in [0.1, 0.15) is 12.1 Å². The van der Waals surface area contributed by atoms with Crippen LogP contribution in [0.5, 0.6) is 0 Å². The van der Waals surface area contributed by atoms with Crippen LogP contribution < -0.4 is 16.6 Å². The summed E-state index contributed by atoms with van der Waals surface area (Å²) in [6.07, 6.45) is 0.166. The van der Waals surface area contributed by atoms with Crippen molar-refractivity contribution in [2.24, 2.45) is 10.8 Å². The number of carbonyl (C=O) groups excluding carboxylic acids is 2. The van der Waals surface area contributed by atoms with E-state index in [0.717, 1.165) is 46.8 Å². The second-order valence-electron chi connectivity index (χ2n) is 14.3. The van der Waals surface area contributed by atoms with Crippen LogP contribution in [0.3, 0.4) is 0 Å². The van der Waals surface area contributed by atoms with Crippen LogP contribution in [-0.2, 0) is 27.6 Å². The van der Waals surface area contributed by atoms with Gasteiger partial charge in [0.15, 0.2) is 6.73 Å². The van der Waals surface area contributed by atoms with E-state index in [9.17, 15) is 29.4 Å². The van der Waals surface area contributed by atoms with Crippen LogP contribution in [0.15, 0.2) is 82.5 Å². The zero-order valence-electron chi connectivity index (χ0n) is 28.7. The van der Waals surface area contributed by atoms with Crippen molar-refractivity contribution in [2.75, 3.05) is 13.2 Å². The van der Waals surface area contributed by atoms with Gasteiger partial charge in [-0.3, -0.25) is 19.0 Å². The molecule has 1 atom stereocenters. The minimum Gasteiger partial charge on any atom is -0.443 e. The van der Waals surface area contributed by atoms with E-state index in [-0.39, 0.29) is 18.7 Å². The number of nitrogens with zero attached hydrogens (tertiary/aromatic N) is 2.